The molecule has 2 rings (SSSR count). The van der Waals surface area contributed by atoms with Crippen molar-refractivity contribution in [3.05, 3.63) is 28.7 Å². The van der Waals surface area contributed by atoms with E-state index in [1.165, 1.54) is 25.7 Å². The zero-order chi connectivity index (χ0) is 25.1. The number of benzene rings is 1. The SMILES string of the molecule is CCCCCCCCOc1ccc(/C=C2/SC(=S)N([C@H](CC(N)=O)C(=O)O)C2=O)cc1OCC. The molecule has 1 heterocycles. The average Bonchev–Trinajstić information content (AvgIpc) is 3.05. The Morgan fingerprint density at radius 1 is 1.15 bits per heavy atom. The van der Waals surface area contributed by atoms with Crippen molar-refractivity contribution in [1.82, 2.24) is 4.90 Å². The van der Waals surface area contributed by atoms with E-state index in [0.29, 0.717) is 30.3 Å². The number of thiocarbonyl (C=S) groups is 1. The summed E-state index contributed by atoms with van der Waals surface area (Å²) in [6, 6.07) is 3.92. The largest absolute Gasteiger partial charge is 0.490 e. The Morgan fingerprint density at radius 3 is 2.50 bits per heavy atom. The van der Waals surface area contributed by atoms with Crippen molar-refractivity contribution in [3.8, 4) is 11.5 Å². The van der Waals surface area contributed by atoms with Crippen molar-refractivity contribution < 1.29 is 29.0 Å². The van der Waals surface area contributed by atoms with Crippen LogP contribution in [-0.2, 0) is 14.4 Å². The number of hydrogen-bond acceptors (Lipinski definition) is 7. The number of carboxylic acid groups (broad SMARTS) is 1. The van der Waals surface area contributed by atoms with Crippen LogP contribution in [0.1, 0.15) is 64.4 Å². The van der Waals surface area contributed by atoms with Gasteiger partial charge in [-0.05, 0) is 37.1 Å². The van der Waals surface area contributed by atoms with Crippen LogP contribution in [0, 0.1) is 0 Å². The Labute approximate surface area is 209 Å². The molecule has 1 aromatic rings. The first-order chi connectivity index (χ1) is 16.3. The third-order valence-electron chi connectivity index (χ3n) is 5.14. The molecule has 1 aliphatic rings. The van der Waals surface area contributed by atoms with E-state index in [1.54, 1.807) is 24.3 Å². The van der Waals surface area contributed by atoms with E-state index >= 15 is 0 Å². The zero-order valence-corrected chi connectivity index (χ0v) is 21.2. The van der Waals surface area contributed by atoms with Crippen LogP contribution in [0.3, 0.4) is 0 Å². The predicted molar refractivity (Wildman–Crippen MR) is 137 cm³/mol. The molecule has 34 heavy (non-hydrogen) atoms. The number of rotatable bonds is 15. The molecule has 2 amide bonds. The summed E-state index contributed by atoms with van der Waals surface area (Å²) in [4.78, 5) is 36.9. The number of amides is 2. The number of thioether (sulfide) groups is 1. The molecule has 0 bridgehead atoms. The van der Waals surface area contributed by atoms with Crippen LogP contribution in [0.4, 0.5) is 0 Å². The minimum absolute atomic E-state index is 0.0637. The maximum atomic E-state index is 12.9. The molecular formula is C24H32N2O6S2. The molecule has 3 N–H and O–H groups in total. The molecule has 10 heteroatoms. The van der Waals surface area contributed by atoms with E-state index in [-0.39, 0.29) is 9.23 Å². The Balaban J connectivity index is 2.11. The van der Waals surface area contributed by atoms with Crippen LogP contribution >= 0.6 is 24.0 Å². The molecule has 1 saturated heterocycles. The highest BCUT2D eigenvalue weighted by atomic mass is 32.2. The Morgan fingerprint density at radius 2 is 1.85 bits per heavy atom. The Hall–Kier alpha value is -2.59. The fourth-order valence-corrected chi connectivity index (χ4v) is 4.80. The fraction of sp³-hybridized carbons (Fsp3) is 0.500. The minimum Gasteiger partial charge on any atom is -0.490 e. The Kier molecular flexibility index (Phi) is 11.4. The lowest BCUT2D eigenvalue weighted by Crippen LogP contribution is -2.46. The van der Waals surface area contributed by atoms with E-state index in [2.05, 4.69) is 6.92 Å². The number of nitrogens with zero attached hydrogens (tertiary/aromatic N) is 1. The molecule has 186 valence electrons. The van der Waals surface area contributed by atoms with Gasteiger partial charge in [-0.1, -0.05) is 69.1 Å². The van der Waals surface area contributed by atoms with E-state index in [1.807, 2.05) is 6.92 Å². The molecule has 1 aromatic carbocycles. The van der Waals surface area contributed by atoms with E-state index in [9.17, 15) is 19.5 Å². The highest BCUT2D eigenvalue weighted by molar-refractivity contribution is 8.26. The maximum absolute atomic E-state index is 12.9. The first-order valence-electron chi connectivity index (χ1n) is 11.5. The quantitative estimate of drug-likeness (QED) is 0.204. The van der Waals surface area contributed by atoms with Gasteiger partial charge in [0.05, 0.1) is 24.5 Å². The van der Waals surface area contributed by atoms with Crippen molar-refractivity contribution in [3.63, 3.8) is 0 Å². The Bertz CT molecular complexity index is 934. The molecule has 1 fully saturated rings. The van der Waals surface area contributed by atoms with Crippen LogP contribution in [0.5, 0.6) is 11.5 Å². The van der Waals surface area contributed by atoms with E-state index in [4.69, 9.17) is 27.4 Å². The van der Waals surface area contributed by atoms with Crippen LogP contribution in [0.15, 0.2) is 23.1 Å². The number of unbranched alkanes of at least 4 members (excludes halogenated alkanes) is 5. The average molecular weight is 509 g/mol. The fourth-order valence-electron chi connectivity index (χ4n) is 3.45. The number of ether oxygens (including phenoxy) is 2. The number of primary amides is 1. The summed E-state index contributed by atoms with van der Waals surface area (Å²) >= 11 is 6.19. The molecule has 0 aliphatic carbocycles. The van der Waals surface area contributed by atoms with Crippen LogP contribution < -0.4 is 15.2 Å². The first kappa shape index (κ1) is 27.7. The summed E-state index contributed by atoms with van der Waals surface area (Å²) in [5.41, 5.74) is 5.83. The standard InChI is InChI=1S/C24H32N2O6S2/c1-3-5-6-7-8-9-12-32-18-11-10-16(13-19(18)31-4-2)14-20-22(28)26(24(33)34-20)17(23(29)30)15-21(25)27/h10-11,13-14,17H,3-9,12,15H2,1-2H3,(H2,25,27)(H,29,30)/b20-14+/t17-/m1/s1. The lowest BCUT2D eigenvalue weighted by molar-refractivity contribution is -0.146. The summed E-state index contributed by atoms with van der Waals surface area (Å²) in [5, 5.41) is 9.44. The summed E-state index contributed by atoms with van der Waals surface area (Å²) in [7, 11) is 0. The highest BCUT2D eigenvalue weighted by Crippen LogP contribution is 2.36. The van der Waals surface area contributed by atoms with Crippen molar-refractivity contribution in [2.45, 2.75) is 64.8 Å². The summed E-state index contributed by atoms with van der Waals surface area (Å²) in [6.07, 6.45) is 8.12. The number of hydrogen-bond donors (Lipinski definition) is 2. The van der Waals surface area contributed by atoms with Crippen molar-refractivity contribution in [1.29, 1.82) is 0 Å². The van der Waals surface area contributed by atoms with Gasteiger partial charge < -0.3 is 20.3 Å². The smallest absolute Gasteiger partial charge is 0.327 e. The van der Waals surface area contributed by atoms with Gasteiger partial charge in [0.1, 0.15) is 10.4 Å². The van der Waals surface area contributed by atoms with Gasteiger partial charge in [-0.3, -0.25) is 14.5 Å². The number of carboxylic acids is 1. The number of carbonyl (C=O) groups excluding carboxylic acids is 2. The van der Waals surface area contributed by atoms with Gasteiger partial charge in [0.15, 0.2) is 11.5 Å². The summed E-state index contributed by atoms with van der Waals surface area (Å²) in [5.74, 6) is -1.56. The first-order valence-corrected chi connectivity index (χ1v) is 12.7. The van der Waals surface area contributed by atoms with Gasteiger partial charge in [0.2, 0.25) is 5.91 Å². The molecular weight excluding hydrogens is 476 g/mol. The summed E-state index contributed by atoms with van der Waals surface area (Å²) < 4.78 is 11.7. The zero-order valence-electron chi connectivity index (χ0n) is 19.6. The minimum atomic E-state index is -1.44. The van der Waals surface area contributed by atoms with Gasteiger partial charge in [0, 0.05) is 0 Å². The second-order valence-electron chi connectivity index (χ2n) is 7.83. The molecule has 0 spiro atoms. The molecule has 1 atom stereocenters. The van der Waals surface area contributed by atoms with Crippen molar-refractivity contribution in [2.24, 2.45) is 5.73 Å². The van der Waals surface area contributed by atoms with E-state index < -0.39 is 30.2 Å². The summed E-state index contributed by atoms with van der Waals surface area (Å²) in [6.45, 7) is 5.12. The van der Waals surface area contributed by atoms with Crippen molar-refractivity contribution in [2.75, 3.05) is 13.2 Å². The van der Waals surface area contributed by atoms with Gasteiger partial charge >= 0.3 is 5.97 Å². The second-order valence-corrected chi connectivity index (χ2v) is 9.51. The molecule has 0 unspecified atom stereocenters. The van der Waals surface area contributed by atoms with Crippen LogP contribution in [-0.4, -0.2) is 51.4 Å². The lowest BCUT2D eigenvalue weighted by atomic mass is 10.1. The molecule has 0 aromatic heterocycles. The maximum Gasteiger partial charge on any atom is 0.327 e. The molecule has 8 nitrogen and oxygen atoms in total. The topological polar surface area (TPSA) is 119 Å². The number of nitrogens with two attached hydrogens (primary N) is 1. The van der Waals surface area contributed by atoms with Gasteiger partial charge in [-0.2, -0.15) is 0 Å². The van der Waals surface area contributed by atoms with Gasteiger partial charge in [0.25, 0.3) is 5.91 Å². The monoisotopic (exact) mass is 508 g/mol. The van der Waals surface area contributed by atoms with Crippen LogP contribution in [0.2, 0.25) is 0 Å². The normalized spacial score (nSPS) is 15.6. The number of aliphatic carboxylic acids is 1. The second kappa shape index (κ2) is 14.0. The predicted octanol–water partition coefficient (Wildman–Crippen LogP) is 4.35. The highest BCUT2D eigenvalue weighted by Gasteiger charge is 2.41. The number of carbonyl (C=O) groups is 3. The van der Waals surface area contributed by atoms with E-state index in [0.717, 1.165) is 29.5 Å². The molecule has 0 radical (unpaired) electrons. The third-order valence-corrected chi connectivity index (χ3v) is 6.47. The van der Waals surface area contributed by atoms with Gasteiger partial charge in [-0.25, -0.2) is 4.79 Å². The van der Waals surface area contributed by atoms with Crippen molar-refractivity contribution >= 4 is 52.2 Å². The third kappa shape index (κ3) is 8.02. The molecule has 1 aliphatic heterocycles. The van der Waals surface area contributed by atoms with Gasteiger partial charge in [-0.15, -0.1) is 0 Å². The molecule has 0 saturated carbocycles. The lowest BCUT2D eigenvalue weighted by Gasteiger charge is -2.21. The van der Waals surface area contributed by atoms with Crippen LogP contribution in [0.25, 0.3) is 6.08 Å².